The summed E-state index contributed by atoms with van der Waals surface area (Å²) in [4.78, 5) is 16.5. The molecule has 3 aromatic rings. The Labute approximate surface area is 151 Å². The lowest BCUT2D eigenvalue weighted by atomic mass is 10.2. The summed E-state index contributed by atoms with van der Waals surface area (Å²) < 4.78 is 5.13. The minimum Gasteiger partial charge on any atom is -0.497 e. The molecule has 0 aliphatic carbocycles. The summed E-state index contributed by atoms with van der Waals surface area (Å²) in [5, 5.41) is 15.0. The van der Waals surface area contributed by atoms with Crippen molar-refractivity contribution in [3.05, 3.63) is 78.1 Å². The highest BCUT2D eigenvalue weighted by molar-refractivity contribution is 6.04. The Kier molecular flexibility index (Phi) is 5.11. The molecule has 0 saturated heterocycles. The second-order valence-electron chi connectivity index (χ2n) is 5.39. The summed E-state index contributed by atoms with van der Waals surface area (Å²) in [5.74, 6) is 0.382. The van der Waals surface area contributed by atoms with E-state index in [-0.39, 0.29) is 11.6 Å². The van der Waals surface area contributed by atoms with Gasteiger partial charge in [-0.05, 0) is 48.5 Å². The topological polar surface area (TPSA) is 87.0 Å². The molecule has 1 amide bonds. The number of rotatable bonds is 5. The number of nitrogens with zero attached hydrogens (tertiary/aromatic N) is 2. The Bertz CT molecular complexity index is 962. The van der Waals surface area contributed by atoms with E-state index >= 15 is 0 Å². The molecular weight excluding hydrogens is 328 g/mol. The molecule has 26 heavy (non-hydrogen) atoms. The number of ether oxygens (including phenoxy) is 1. The second kappa shape index (κ2) is 7.81. The van der Waals surface area contributed by atoms with Gasteiger partial charge in [-0.2, -0.15) is 5.26 Å². The molecule has 0 unspecified atom stereocenters. The van der Waals surface area contributed by atoms with Crippen molar-refractivity contribution in [2.75, 3.05) is 17.7 Å². The van der Waals surface area contributed by atoms with Gasteiger partial charge in [0.15, 0.2) is 0 Å². The van der Waals surface area contributed by atoms with Gasteiger partial charge >= 0.3 is 0 Å². The maximum Gasteiger partial charge on any atom is 0.274 e. The van der Waals surface area contributed by atoms with Crippen LogP contribution in [0, 0.1) is 11.3 Å². The number of hydrogen-bond acceptors (Lipinski definition) is 5. The van der Waals surface area contributed by atoms with Gasteiger partial charge in [0.1, 0.15) is 17.5 Å². The van der Waals surface area contributed by atoms with E-state index in [0.717, 1.165) is 17.1 Å². The van der Waals surface area contributed by atoms with Crippen molar-refractivity contribution >= 4 is 23.0 Å². The molecule has 0 spiro atoms. The minimum atomic E-state index is -0.383. The van der Waals surface area contributed by atoms with E-state index in [9.17, 15) is 4.79 Å². The predicted molar refractivity (Wildman–Crippen MR) is 99.6 cm³/mol. The highest BCUT2D eigenvalue weighted by Crippen LogP contribution is 2.21. The number of amides is 1. The molecule has 2 aromatic carbocycles. The van der Waals surface area contributed by atoms with Gasteiger partial charge in [0.25, 0.3) is 5.91 Å². The highest BCUT2D eigenvalue weighted by atomic mass is 16.5. The first-order valence-electron chi connectivity index (χ1n) is 7.87. The average Bonchev–Trinajstić information content (AvgIpc) is 2.69. The largest absolute Gasteiger partial charge is 0.497 e. The molecule has 0 bridgehead atoms. The summed E-state index contributed by atoms with van der Waals surface area (Å²) in [7, 11) is 1.61. The van der Waals surface area contributed by atoms with E-state index in [0.29, 0.717) is 11.3 Å². The molecule has 6 heteroatoms. The third kappa shape index (κ3) is 3.97. The molecule has 0 aliphatic heterocycles. The maximum absolute atomic E-state index is 12.4. The third-order valence-electron chi connectivity index (χ3n) is 3.67. The Hall–Kier alpha value is -3.85. The molecule has 6 nitrogen and oxygen atoms in total. The van der Waals surface area contributed by atoms with E-state index in [2.05, 4.69) is 15.6 Å². The molecule has 2 N–H and O–H groups in total. The van der Waals surface area contributed by atoms with Crippen molar-refractivity contribution < 1.29 is 9.53 Å². The zero-order valence-corrected chi connectivity index (χ0v) is 14.1. The Morgan fingerprint density at radius 3 is 2.58 bits per heavy atom. The fourth-order valence-electron chi connectivity index (χ4n) is 2.35. The predicted octanol–water partition coefficient (Wildman–Crippen LogP) is 3.96. The number of nitriles is 1. The van der Waals surface area contributed by atoms with Crippen molar-refractivity contribution in [1.82, 2.24) is 4.98 Å². The van der Waals surface area contributed by atoms with Gasteiger partial charge in [-0.3, -0.25) is 9.78 Å². The van der Waals surface area contributed by atoms with E-state index in [1.807, 2.05) is 30.3 Å². The maximum atomic E-state index is 12.4. The van der Waals surface area contributed by atoms with Crippen molar-refractivity contribution in [2.45, 2.75) is 0 Å². The molecule has 0 fully saturated rings. The summed E-state index contributed by atoms with van der Waals surface area (Å²) in [6, 6.07) is 19.7. The summed E-state index contributed by atoms with van der Waals surface area (Å²) in [6.07, 6.45) is 1.55. The SMILES string of the molecule is COc1ccc(Nc2ccnc(C(=O)Nc3ccccc3C#N)c2)cc1. The molecule has 0 atom stereocenters. The number of para-hydroxylation sites is 1. The number of methoxy groups -OCH3 is 1. The molecule has 1 heterocycles. The number of nitrogens with one attached hydrogen (secondary N) is 2. The van der Waals surface area contributed by atoms with Crippen LogP contribution in [0.3, 0.4) is 0 Å². The van der Waals surface area contributed by atoms with Crippen molar-refractivity contribution in [1.29, 1.82) is 5.26 Å². The summed E-state index contributed by atoms with van der Waals surface area (Å²) >= 11 is 0. The first-order chi connectivity index (χ1) is 12.7. The van der Waals surface area contributed by atoms with Crippen LogP contribution in [-0.4, -0.2) is 18.0 Å². The summed E-state index contributed by atoms with van der Waals surface area (Å²) in [6.45, 7) is 0. The van der Waals surface area contributed by atoms with Crippen LogP contribution >= 0.6 is 0 Å². The van der Waals surface area contributed by atoms with Gasteiger partial charge in [0.2, 0.25) is 0 Å². The lowest BCUT2D eigenvalue weighted by molar-refractivity contribution is 0.102. The van der Waals surface area contributed by atoms with Crippen LogP contribution in [0.15, 0.2) is 66.9 Å². The number of benzene rings is 2. The molecule has 1 aromatic heterocycles. The first kappa shape index (κ1) is 17.0. The number of carbonyl (C=O) groups is 1. The smallest absolute Gasteiger partial charge is 0.274 e. The molecular formula is C20H16N4O2. The van der Waals surface area contributed by atoms with Gasteiger partial charge in [0, 0.05) is 17.6 Å². The standard InChI is InChI=1S/C20H16N4O2/c1-26-17-8-6-15(7-9-17)23-16-10-11-22-19(12-16)20(25)24-18-5-3-2-4-14(18)13-21/h2-12H,1H3,(H,22,23)(H,24,25). The van der Waals surface area contributed by atoms with Crippen LogP contribution < -0.4 is 15.4 Å². The molecule has 128 valence electrons. The lowest BCUT2D eigenvalue weighted by Crippen LogP contribution is -2.14. The zero-order valence-electron chi connectivity index (χ0n) is 14.1. The minimum absolute atomic E-state index is 0.247. The molecule has 0 aliphatic rings. The van der Waals surface area contributed by atoms with E-state index in [4.69, 9.17) is 10.00 Å². The number of carbonyl (C=O) groups excluding carboxylic acids is 1. The van der Waals surface area contributed by atoms with Crippen LogP contribution in [0.5, 0.6) is 5.75 Å². The van der Waals surface area contributed by atoms with Crippen LogP contribution in [0.4, 0.5) is 17.1 Å². The highest BCUT2D eigenvalue weighted by Gasteiger charge is 2.11. The van der Waals surface area contributed by atoms with E-state index in [1.54, 1.807) is 49.7 Å². The quantitative estimate of drug-likeness (QED) is 0.731. The first-order valence-corrected chi connectivity index (χ1v) is 7.87. The Balaban J connectivity index is 1.75. The molecule has 3 rings (SSSR count). The van der Waals surface area contributed by atoms with Gasteiger partial charge < -0.3 is 15.4 Å². The van der Waals surface area contributed by atoms with Gasteiger partial charge in [-0.15, -0.1) is 0 Å². The van der Waals surface area contributed by atoms with Gasteiger partial charge in [-0.25, -0.2) is 0 Å². The van der Waals surface area contributed by atoms with Crippen LogP contribution in [0.1, 0.15) is 16.1 Å². The lowest BCUT2D eigenvalue weighted by Gasteiger charge is -2.10. The molecule has 0 saturated carbocycles. The number of aromatic nitrogens is 1. The summed E-state index contributed by atoms with van der Waals surface area (Å²) in [5.41, 5.74) is 2.68. The van der Waals surface area contributed by atoms with Crippen LogP contribution in [0.25, 0.3) is 0 Å². The van der Waals surface area contributed by atoms with Crippen molar-refractivity contribution in [3.8, 4) is 11.8 Å². The normalized spacial score (nSPS) is 9.85. The Morgan fingerprint density at radius 1 is 1.08 bits per heavy atom. The number of pyridine rings is 1. The number of hydrogen-bond donors (Lipinski definition) is 2. The average molecular weight is 344 g/mol. The fourth-order valence-corrected chi connectivity index (χ4v) is 2.35. The van der Waals surface area contributed by atoms with Crippen LogP contribution in [0.2, 0.25) is 0 Å². The zero-order chi connectivity index (χ0) is 18.4. The van der Waals surface area contributed by atoms with Crippen LogP contribution in [-0.2, 0) is 0 Å². The van der Waals surface area contributed by atoms with Crippen molar-refractivity contribution in [3.63, 3.8) is 0 Å². The van der Waals surface area contributed by atoms with E-state index in [1.165, 1.54) is 0 Å². The van der Waals surface area contributed by atoms with Gasteiger partial charge in [0.05, 0.1) is 18.4 Å². The van der Waals surface area contributed by atoms with Crippen molar-refractivity contribution in [2.24, 2.45) is 0 Å². The number of anilines is 3. The Morgan fingerprint density at radius 2 is 1.85 bits per heavy atom. The van der Waals surface area contributed by atoms with E-state index < -0.39 is 0 Å². The second-order valence-corrected chi connectivity index (χ2v) is 5.39. The monoisotopic (exact) mass is 344 g/mol. The fraction of sp³-hybridized carbons (Fsp3) is 0.0500. The van der Waals surface area contributed by atoms with Gasteiger partial charge in [-0.1, -0.05) is 12.1 Å². The molecule has 0 radical (unpaired) electrons. The third-order valence-corrected chi connectivity index (χ3v) is 3.67.